The number of amidine groups is 1. The molecule has 1 aromatic rings. The SMILES string of the molecule is NC(CCCNCc1cccc2c1OCO2)=NO. The lowest BCUT2D eigenvalue weighted by Crippen LogP contribution is -2.18. The molecule has 6 heteroatoms. The van der Waals surface area contributed by atoms with E-state index >= 15 is 0 Å². The number of oxime groups is 1. The Kier molecular flexibility index (Phi) is 4.25. The highest BCUT2D eigenvalue weighted by Crippen LogP contribution is 2.35. The van der Waals surface area contributed by atoms with E-state index in [1.165, 1.54) is 0 Å². The predicted octanol–water partition coefficient (Wildman–Crippen LogP) is 1.03. The number of benzene rings is 1. The van der Waals surface area contributed by atoms with E-state index in [4.69, 9.17) is 20.4 Å². The molecular formula is C12H17N3O3. The second kappa shape index (κ2) is 6.11. The molecule has 0 unspecified atom stereocenters. The fourth-order valence-corrected chi connectivity index (χ4v) is 1.80. The Morgan fingerprint density at radius 2 is 2.33 bits per heavy atom. The number of hydrogen-bond acceptors (Lipinski definition) is 5. The number of ether oxygens (including phenoxy) is 2. The number of nitrogens with two attached hydrogens (primary N) is 1. The maximum atomic E-state index is 8.39. The summed E-state index contributed by atoms with van der Waals surface area (Å²) in [6.45, 7) is 1.79. The average Bonchev–Trinajstić information content (AvgIpc) is 2.87. The van der Waals surface area contributed by atoms with E-state index in [2.05, 4.69) is 10.5 Å². The summed E-state index contributed by atoms with van der Waals surface area (Å²) in [5, 5.41) is 14.6. The van der Waals surface area contributed by atoms with Gasteiger partial charge < -0.3 is 25.7 Å². The molecule has 0 fully saturated rings. The van der Waals surface area contributed by atoms with Crippen LogP contribution in [0, 0.1) is 0 Å². The first-order valence-electron chi connectivity index (χ1n) is 5.86. The monoisotopic (exact) mass is 251 g/mol. The lowest BCUT2D eigenvalue weighted by Gasteiger charge is -2.07. The first-order valence-corrected chi connectivity index (χ1v) is 5.86. The number of para-hydroxylation sites is 1. The van der Waals surface area contributed by atoms with E-state index in [1.54, 1.807) is 0 Å². The van der Waals surface area contributed by atoms with E-state index in [0.29, 0.717) is 13.0 Å². The van der Waals surface area contributed by atoms with E-state index in [-0.39, 0.29) is 12.6 Å². The minimum absolute atomic E-state index is 0.258. The predicted molar refractivity (Wildman–Crippen MR) is 66.9 cm³/mol. The Labute approximate surface area is 105 Å². The lowest BCUT2D eigenvalue weighted by atomic mass is 10.2. The quantitative estimate of drug-likeness (QED) is 0.231. The van der Waals surface area contributed by atoms with Gasteiger partial charge in [-0.3, -0.25) is 0 Å². The van der Waals surface area contributed by atoms with E-state index in [9.17, 15) is 0 Å². The maximum absolute atomic E-state index is 8.39. The van der Waals surface area contributed by atoms with Gasteiger partial charge >= 0.3 is 0 Å². The summed E-state index contributed by atoms with van der Waals surface area (Å²) < 4.78 is 10.7. The summed E-state index contributed by atoms with van der Waals surface area (Å²) in [5.74, 6) is 1.88. The van der Waals surface area contributed by atoms with Crippen LogP contribution in [0.4, 0.5) is 0 Å². The number of hydrogen-bond donors (Lipinski definition) is 3. The van der Waals surface area contributed by atoms with Gasteiger partial charge in [-0.05, 0) is 19.0 Å². The molecule has 4 N–H and O–H groups in total. The molecule has 0 aliphatic carbocycles. The molecule has 98 valence electrons. The zero-order valence-corrected chi connectivity index (χ0v) is 10.1. The summed E-state index contributed by atoms with van der Waals surface area (Å²) in [6, 6.07) is 5.84. The van der Waals surface area contributed by atoms with Crippen LogP contribution in [0.5, 0.6) is 11.5 Å². The Morgan fingerprint density at radius 3 is 3.17 bits per heavy atom. The molecule has 1 heterocycles. The van der Waals surface area contributed by atoms with Gasteiger partial charge in [-0.1, -0.05) is 17.3 Å². The van der Waals surface area contributed by atoms with Crippen molar-refractivity contribution in [2.75, 3.05) is 13.3 Å². The van der Waals surface area contributed by atoms with Crippen LogP contribution in [0.15, 0.2) is 23.4 Å². The van der Waals surface area contributed by atoms with Crippen molar-refractivity contribution in [3.05, 3.63) is 23.8 Å². The standard InChI is InChI=1S/C12H17N3O3/c13-11(15-16)5-2-6-14-7-9-3-1-4-10-12(9)18-8-17-10/h1,3-4,14,16H,2,5-8H2,(H2,13,15). The molecule has 2 rings (SSSR count). The second-order valence-electron chi connectivity index (χ2n) is 4.02. The van der Waals surface area contributed by atoms with Crippen molar-refractivity contribution < 1.29 is 14.7 Å². The van der Waals surface area contributed by atoms with Gasteiger partial charge in [0, 0.05) is 18.5 Å². The highest BCUT2D eigenvalue weighted by Gasteiger charge is 2.16. The Bertz CT molecular complexity index is 435. The molecule has 1 aliphatic rings. The highest BCUT2D eigenvalue weighted by molar-refractivity contribution is 5.79. The third kappa shape index (κ3) is 3.04. The molecule has 18 heavy (non-hydrogen) atoms. The van der Waals surface area contributed by atoms with Gasteiger partial charge in [0.15, 0.2) is 11.5 Å². The Balaban J connectivity index is 1.76. The van der Waals surface area contributed by atoms with Crippen molar-refractivity contribution >= 4 is 5.84 Å². The number of rotatable bonds is 6. The Morgan fingerprint density at radius 1 is 1.44 bits per heavy atom. The van der Waals surface area contributed by atoms with Crippen LogP contribution in [-0.2, 0) is 6.54 Å². The van der Waals surface area contributed by atoms with Gasteiger partial charge in [0.2, 0.25) is 6.79 Å². The zero-order chi connectivity index (χ0) is 12.8. The van der Waals surface area contributed by atoms with E-state index < -0.39 is 0 Å². The molecule has 0 aromatic heterocycles. The first-order chi connectivity index (χ1) is 8.81. The van der Waals surface area contributed by atoms with Gasteiger partial charge in [0.1, 0.15) is 5.84 Å². The van der Waals surface area contributed by atoms with Gasteiger partial charge in [-0.15, -0.1) is 0 Å². The van der Waals surface area contributed by atoms with Gasteiger partial charge in [-0.2, -0.15) is 0 Å². The number of nitrogens with one attached hydrogen (secondary N) is 1. The molecule has 0 bridgehead atoms. The van der Waals surface area contributed by atoms with E-state index in [1.807, 2.05) is 18.2 Å². The summed E-state index contributed by atoms with van der Waals surface area (Å²) in [6.07, 6.45) is 1.40. The third-order valence-corrected chi connectivity index (χ3v) is 2.71. The Hall–Kier alpha value is -1.95. The summed E-state index contributed by atoms with van der Waals surface area (Å²) >= 11 is 0. The minimum Gasteiger partial charge on any atom is -0.454 e. The van der Waals surface area contributed by atoms with Crippen LogP contribution < -0.4 is 20.5 Å². The maximum Gasteiger partial charge on any atom is 0.231 e. The van der Waals surface area contributed by atoms with Crippen molar-refractivity contribution in [1.29, 1.82) is 0 Å². The fraction of sp³-hybridized carbons (Fsp3) is 0.417. The van der Waals surface area contributed by atoms with E-state index in [0.717, 1.165) is 30.0 Å². The van der Waals surface area contributed by atoms with Crippen molar-refractivity contribution in [3.8, 4) is 11.5 Å². The molecule has 0 atom stereocenters. The summed E-state index contributed by atoms with van der Waals surface area (Å²) in [4.78, 5) is 0. The number of nitrogens with zero attached hydrogens (tertiary/aromatic N) is 1. The zero-order valence-electron chi connectivity index (χ0n) is 10.1. The first kappa shape index (κ1) is 12.5. The molecule has 1 aromatic carbocycles. The van der Waals surface area contributed by atoms with Gasteiger partial charge in [0.25, 0.3) is 0 Å². The van der Waals surface area contributed by atoms with Crippen LogP contribution >= 0.6 is 0 Å². The normalized spacial score (nSPS) is 13.9. The van der Waals surface area contributed by atoms with Gasteiger partial charge in [0.05, 0.1) is 0 Å². The van der Waals surface area contributed by atoms with Crippen molar-refractivity contribution in [1.82, 2.24) is 5.32 Å². The van der Waals surface area contributed by atoms with Gasteiger partial charge in [-0.25, -0.2) is 0 Å². The molecule has 0 radical (unpaired) electrons. The van der Waals surface area contributed by atoms with Crippen LogP contribution in [0.2, 0.25) is 0 Å². The third-order valence-electron chi connectivity index (χ3n) is 2.71. The molecule has 0 spiro atoms. The largest absolute Gasteiger partial charge is 0.454 e. The molecule has 0 saturated carbocycles. The smallest absolute Gasteiger partial charge is 0.231 e. The fourth-order valence-electron chi connectivity index (χ4n) is 1.80. The molecule has 6 nitrogen and oxygen atoms in total. The number of fused-ring (bicyclic) bond motifs is 1. The van der Waals surface area contributed by atoms with Crippen LogP contribution in [0.25, 0.3) is 0 Å². The van der Waals surface area contributed by atoms with Crippen LogP contribution in [0.3, 0.4) is 0 Å². The van der Waals surface area contributed by atoms with Crippen molar-refractivity contribution in [2.24, 2.45) is 10.9 Å². The molecule has 1 aliphatic heterocycles. The molecular weight excluding hydrogens is 234 g/mol. The summed E-state index contributed by atoms with van der Waals surface area (Å²) in [5.41, 5.74) is 6.45. The molecule has 0 saturated heterocycles. The highest BCUT2D eigenvalue weighted by atomic mass is 16.7. The topological polar surface area (TPSA) is 89.1 Å². The van der Waals surface area contributed by atoms with Crippen LogP contribution in [-0.4, -0.2) is 24.4 Å². The van der Waals surface area contributed by atoms with Crippen molar-refractivity contribution in [2.45, 2.75) is 19.4 Å². The minimum atomic E-state index is 0.258. The molecule has 0 amide bonds. The average molecular weight is 251 g/mol. The second-order valence-corrected chi connectivity index (χ2v) is 4.02. The van der Waals surface area contributed by atoms with Crippen LogP contribution in [0.1, 0.15) is 18.4 Å². The lowest BCUT2D eigenvalue weighted by molar-refractivity contribution is 0.173. The summed E-state index contributed by atoms with van der Waals surface area (Å²) in [7, 11) is 0. The van der Waals surface area contributed by atoms with Crippen molar-refractivity contribution in [3.63, 3.8) is 0 Å².